The first-order chi connectivity index (χ1) is 8.86. The molecule has 2 rings (SSSR count). The molecule has 2 fully saturated rings. The number of esters is 1. The van der Waals surface area contributed by atoms with Gasteiger partial charge in [-0.2, -0.15) is 0 Å². The minimum absolute atomic E-state index is 0.113. The van der Waals surface area contributed by atoms with Crippen molar-refractivity contribution in [2.75, 3.05) is 0 Å². The van der Waals surface area contributed by atoms with Gasteiger partial charge in [0.05, 0.1) is 5.92 Å². The Labute approximate surface area is 111 Å². The van der Waals surface area contributed by atoms with Gasteiger partial charge in [-0.15, -0.1) is 0 Å². The van der Waals surface area contributed by atoms with Crippen LogP contribution in [0.5, 0.6) is 0 Å². The van der Waals surface area contributed by atoms with Crippen molar-refractivity contribution in [3.05, 3.63) is 0 Å². The van der Waals surface area contributed by atoms with Crippen LogP contribution in [-0.2, 0) is 9.53 Å². The van der Waals surface area contributed by atoms with Crippen molar-refractivity contribution in [3.63, 3.8) is 0 Å². The maximum Gasteiger partial charge on any atom is 0.309 e. The highest BCUT2D eigenvalue weighted by Crippen LogP contribution is 2.26. The van der Waals surface area contributed by atoms with E-state index in [0.717, 1.165) is 25.7 Å². The van der Waals surface area contributed by atoms with Crippen LogP contribution in [0.4, 0.5) is 0 Å². The molecule has 2 atom stereocenters. The first kappa shape index (κ1) is 13.9. The average molecular weight is 252 g/mol. The van der Waals surface area contributed by atoms with Crippen LogP contribution in [0, 0.1) is 5.92 Å². The third-order valence-electron chi connectivity index (χ3n) is 4.52. The second-order valence-electron chi connectivity index (χ2n) is 6.09. The Morgan fingerprint density at radius 2 is 1.11 bits per heavy atom. The average Bonchev–Trinajstić information content (AvgIpc) is 2.43. The van der Waals surface area contributed by atoms with E-state index < -0.39 is 0 Å². The van der Waals surface area contributed by atoms with Gasteiger partial charge in [-0.3, -0.25) is 4.79 Å². The van der Waals surface area contributed by atoms with Crippen LogP contribution >= 0.6 is 0 Å². The number of fused-ring (bicyclic) bond motifs is 3. The molecule has 0 aromatic heterocycles. The smallest absolute Gasteiger partial charge is 0.309 e. The number of carbonyl (C=O) groups is 1. The predicted molar refractivity (Wildman–Crippen MR) is 73.4 cm³/mol. The van der Waals surface area contributed by atoms with Gasteiger partial charge in [0.2, 0.25) is 0 Å². The topological polar surface area (TPSA) is 26.3 Å². The summed E-state index contributed by atoms with van der Waals surface area (Å²) < 4.78 is 5.77. The molecule has 0 N–H and O–H groups in total. The quantitative estimate of drug-likeness (QED) is 0.588. The molecule has 18 heavy (non-hydrogen) atoms. The zero-order chi connectivity index (χ0) is 12.6. The van der Waals surface area contributed by atoms with Crippen LogP contribution in [0.25, 0.3) is 0 Å². The number of hydrogen-bond donors (Lipinski definition) is 0. The minimum Gasteiger partial charge on any atom is -0.462 e. The minimum atomic E-state index is 0.113. The van der Waals surface area contributed by atoms with Gasteiger partial charge in [0.1, 0.15) is 6.10 Å². The van der Waals surface area contributed by atoms with E-state index >= 15 is 0 Å². The van der Waals surface area contributed by atoms with Crippen molar-refractivity contribution in [2.45, 2.75) is 89.6 Å². The molecule has 0 saturated carbocycles. The fraction of sp³-hybridized carbons (Fsp3) is 0.938. The van der Waals surface area contributed by atoms with Gasteiger partial charge in [-0.25, -0.2) is 0 Å². The molecule has 0 aromatic rings. The lowest BCUT2D eigenvalue weighted by Crippen LogP contribution is -2.24. The van der Waals surface area contributed by atoms with E-state index in [9.17, 15) is 4.79 Å². The molecule has 2 saturated heterocycles. The highest BCUT2D eigenvalue weighted by Gasteiger charge is 2.24. The number of hydrogen-bond acceptors (Lipinski definition) is 2. The number of carbonyl (C=O) groups excluding carboxylic acids is 1. The van der Waals surface area contributed by atoms with Crippen LogP contribution in [-0.4, -0.2) is 12.1 Å². The summed E-state index contributed by atoms with van der Waals surface area (Å²) >= 11 is 0. The Morgan fingerprint density at radius 1 is 0.667 bits per heavy atom. The van der Waals surface area contributed by atoms with E-state index in [0.29, 0.717) is 0 Å². The normalized spacial score (nSPS) is 32.3. The summed E-state index contributed by atoms with van der Waals surface area (Å²) in [6.07, 6.45) is 16.1. The van der Waals surface area contributed by atoms with Crippen LogP contribution in [0.1, 0.15) is 83.5 Å². The van der Waals surface area contributed by atoms with Crippen LogP contribution in [0.2, 0.25) is 0 Å². The molecule has 2 heteroatoms. The molecule has 0 radical (unpaired) electrons. The standard InChI is InChI=1S/C16H28O2/c17-16-14-10-6-3-1-2-4-8-12-15(18-16)13-9-5-7-11-14/h14-15H,1-13H2. The summed E-state index contributed by atoms with van der Waals surface area (Å²) in [7, 11) is 0. The summed E-state index contributed by atoms with van der Waals surface area (Å²) in [5.41, 5.74) is 0. The van der Waals surface area contributed by atoms with Crippen molar-refractivity contribution < 1.29 is 9.53 Å². The molecule has 2 aliphatic heterocycles. The van der Waals surface area contributed by atoms with Crippen LogP contribution < -0.4 is 0 Å². The Hall–Kier alpha value is -0.530. The number of rotatable bonds is 0. The highest BCUT2D eigenvalue weighted by atomic mass is 16.5. The molecule has 2 heterocycles. The number of ether oxygens (including phenoxy) is 1. The van der Waals surface area contributed by atoms with Crippen LogP contribution in [0.15, 0.2) is 0 Å². The maximum absolute atomic E-state index is 12.2. The van der Waals surface area contributed by atoms with E-state index in [2.05, 4.69) is 0 Å². The van der Waals surface area contributed by atoms with Gasteiger partial charge >= 0.3 is 5.97 Å². The lowest BCUT2D eigenvalue weighted by atomic mass is 9.95. The van der Waals surface area contributed by atoms with E-state index in [1.165, 1.54) is 57.8 Å². The molecule has 0 aromatic carbocycles. The molecule has 2 nitrogen and oxygen atoms in total. The zero-order valence-electron chi connectivity index (χ0n) is 11.7. The first-order valence-corrected chi connectivity index (χ1v) is 8.07. The summed E-state index contributed by atoms with van der Waals surface area (Å²) in [4.78, 5) is 12.2. The molecule has 2 aliphatic rings. The molecule has 0 aliphatic carbocycles. The monoisotopic (exact) mass is 252 g/mol. The van der Waals surface area contributed by atoms with Crippen molar-refractivity contribution in [2.24, 2.45) is 5.92 Å². The van der Waals surface area contributed by atoms with E-state index in [4.69, 9.17) is 4.74 Å². The van der Waals surface area contributed by atoms with E-state index in [-0.39, 0.29) is 18.0 Å². The summed E-state index contributed by atoms with van der Waals surface area (Å²) in [6, 6.07) is 0. The van der Waals surface area contributed by atoms with Crippen LogP contribution in [0.3, 0.4) is 0 Å². The molecular formula is C16H28O2. The Kier molecular flexibility index (Phi) is 6.02. The fourth-order valence-corrected chi connectivity index (χ4v) is 3.31. The third kappa shape index (κ3) is 4.62. The van der Waals surface area contributed by atoms with E-state index in [1.54, 1.807) is 0 Å². The molecule has 2 bridgehead atoms. The van der Waals surface area contributed by atoms with Crippen molar-refractivity contribution in [1.82, 2.24) is 0 Å². The zero-order valence-corrected chi connectivity index (χ0v) is 11.7. The van der Waals surface area contributed by atoms with Gasteiger partial charge in [0, 0.05) is 0 Å². The highest BCUT2D eigenvalue weighted by molar-refractivity contribution is 5.72. The van der Waals surface area contributed by atoms with Gasteiger partial charge in [0.25, 0.3) is 0 Å². The second kappa shape index (κ2) is 7.81. The summed E-state index contributed by atoms with van der Waals surface area (Å²) in [5.74, 6) is 0.312. The van der Waals surface area contributed by atoms with Crippen molar-refractivity contribution in [3.8, 4) is 0 Å². The van der Waals surface area contributed by atoms with Crippen molar-refractivity contribution in [1.29, 1.82) is 0 Å². The van der Waals surface area contributed by atoms with E-state index in [1.807, 2.05) is 0 Å². The summed E-state index contributed by atoms with van der Waals surface area (Å²) in [5, 5.41) is 0. The molecule has 104 valence electrons. The predicted octanol–water partition coefficient (Wildman–Crippen LogP) is 4.61. The lowest BCUT2D eigenvalue weighted by Gasteiger charge is -2.21. The Balaban J connectivity index is 1.98. The Morgan fingerprint density at radius 3 is 1.72 bits per heavy atom. The molecule has 0 spiro atoms. The first-order valence-electron chi connectivity index (χ1n) is 8.07. The Bertz CT molecular complexity index is 249. The van der Waals surface area contributed by atoms with Gasteiger partial charge in [0.15, 0.2) is 0 Å². The fourth-order valence-electron chi connectivity index (χ4n) is 3.31. The largest absolute Gasteiger partial charge is 0.462 e. The molecular weight excluding hydrogens is 224 g/mol. The summed E-state index contributed by atoms with van der Waals surface area (Å²) in [6.45, 7) is 0. The lowest BCUT2D eigenvalue weighted by molar-refractivity contribution is -0.155. The van der Waals surface area contributed by atoms with Gasteiger partial charge < -0.3 is 4.74 Å². The van der Waals surface area contributed by atoms with Gasteiger partial charge in [-0.1, -0.05) is 44.9 Å². The SMILES string of the molecule is O=C1OC2CCCCCCCCC1CCCCC2. The maximum atomic E-state index is 12.2. The molecule has 0 amide bonds. The molecule has 2 unspecified atom stereocenters. The van der Waals surface area contributed by atoms with Crippen molar-refractivity contribution >= 4 is 5.97 Å². The second-order valence-corrected chi connectivity index (χ2v) is 6.09. The van der Waals surface area contributed by atoms with Gasteiger partial charge in [-0.05, 0) is 38.5 Å². The third-order valence-corrected chi connectivity index (χ3v) is 4.52.